The number of hydrogen-bond donors (Lipinski definition) is 2. The minimum absolute atomic E-state index is 0.0206. The summed E-state index contributed by atoms with van der Waals surface area (Å²) in [7, 11) is 0. The van der Waals surface area contributed by atoms with Crippen molar-refractivity contribution < 1.29 is 13.6 Å². The monoisotopic (exact) mass is 258 g/mol. The van der Waals surface area contributed by atoms with Crippen molar-refractivity contribution in [1.82, 2.24) is 5.32 Å². The Kier molecular flexibility index (Phi) is 3.51. The van der Waals surface area contributed by atoms with Crippen molar-refractivity contribution in [1.29, 1.82) is 0 Å². The van der Waals surface area contributed by atoms with Crippen LogP contribution in [-0.4, -0.2) is 23.5 Å². The Morgan fingerprint density at radius 3 is 2.88 bits per heavy atom. The van der Waals surface area contributed by atoms with E-state index in [-0.39, 0.29) is 11.7 Å². The number of anilines is 1. The van der Waals surface area contributed by atoms with E-state index in [1.165, 1.54) is 0 Å². The van der Waals surface area contributed by atoms with Gasteiger partial charge in [-0.05, 0) is 24.3 Å². The maximum Gasteiger partial charge on any atom is 0.257 e. The van der Waals surface area contributed by atoms with Gasteiger partial charge in [0.1, 0.15) is 11.4 Å². The quantitative estimate of drug-likeness (QED) is 0.795. The van der Waals surface area contributed by atoms with Crippen molar-refractivity contribution in [3.8, 4) is 0 Å². The lowest BCUT2D eigenvalue weighted by Crippen LogP contribution is -2.35. The van der Waals surface area contributed by atoms with Crippen LogP contribution >= 0.6 is 11.8 Å². The summed E-state index contributed by atoms with van der Waals surface area (Å²) in [5.41, 5.74) is 4.49. The number of benzene rings is 1. The van der Waals surface area contributed by atoms with Gasteiger partial charge in [0.2, 0.25) is 0 Å². The second-order valence-electron chi connectivity index (χ2n) is 3.86. The van der Waals surface area contributed by atoms with Crippen LogP contribution < -0.4 is 11.1 Å². The van der Waals surface area contributed by atoms with Gasteiger partial charge < -0.3 is 11.1 Å². The predicted octanol–water partition coefficient (Wildman–Crippen LogP) is 1.78. The number of thioether (sulfide) groups is 1. The molecule has 0 bridgehead atoms. The first-order valence-electron chi connectivity index (χ1n) is 5.21. The molecule has 17 heavy (non-hydrogen) atoms. The fourth-order valence-corrected chi connectivity index (χ4v) is 2.84. The maximum atomic E-state index is 13.6. The zero-order valence-corrected chi connectivity index (χ0v) is 9.82. The molecule has 1 heterocycles. The number of carbonyl (C=O) groups excluding carboxylic acids is 1. The van der Waals surface area contributed by atoms with Gasteiger partial charge >= 0.3 is 0 Å². The molecule has 1 atom stereocenters. The smallest absolute Gasteiger partial charge is 0.257 e. The van der Waals surface area contributed by atoms with Gasteiger partial charge in [-0.25, -0.2) is 8.78 Å². The highest BCUT2D eigenvalue weighted by atomic mass is 32.2. The van der Waals surface area contributed by atoms with Crippen LogP contribution in [0.2, 0.25) is 0 Å². The number of carbonyl (C=O) groups is 1. The summed E-state index contributed by atoms with van der Waals surface area (Å²) in [6, 6.07) is 2.08. The van der Waals surface area contributed by atoms with E-state index in [0.717, 1.165) is 30.1 Å². The molecule has 1 aliphatic rings. The lowest BCUT2D eigenvalue weighted by atomic mass is 10.1. The van der Waals surface area contributed by atoms with E-state index in [0.29, 0.717) is 0 Å². The molecule has 0 radical (unpaired) electrons. The summed E-state index contributed by atoms with van der Waals surface area (Å²) in [5, 5.41) is 2.61. The largest absolute Gasteiger partial charge is 0.396 e. The van der Waals surface area contributed by atoms with Crippen molar-refractivity contribution in [3.63, 3.8) is 0 Å². The summed E-state index contributed by atoms with van der Waals surface area (Å²) in [4.78, 5) is 11.7. The highest BCUT2D eigenvalue weighted by Crippen LogP contribution is 2.21. The van der Waals surface area contributed by atoms with Crippen molar-refractivity contribution in [2.45, 2.75) is 12.5 Å². The first kappa shape index (κ1) is 12.2. The molecule has 6 heteroatoms. The zero-order chi connectivity index (χ0) is 12.4. The SMILES string of the molecule is Nc1ccc(F)c(C(=O)NC2CCSC2)c1F. The molecular formula is C11H12F2N2OS. The Hall–Kier alpha value is -1.30. The van der Waals surface area contributed by atoms with Gasteiger partial charge in [-0.1, -0.05) is 0 Å². The highest BCUT2D eigenvalue weighted by molar-refractivity contribution is 7.99. The molecule has 3 N–H and O–H groups in total. The average Bonchev–Trinajstić information content (AvgIpc) is 2.77. The van der Waals surface area contributed by atoms with Crippen LogP contribution in [0.5, 0.6) is 0 Å². The van der Waals surface area contributed by atoms with E-state index in [1.807, 2.05) is 0 Å². The number of halogens is 2. The second-order valence-corrected chi connectivity index (χ2v) is 5.01. The van der Waals surface area contributed by atoms with Gasteiger partial charge in [-0.3, -0.25) is 4.79 Å². The standard InChI is InChI=1S/C11H12F2N2OS/c12-7-1-2-8(14)10(13)9(7)11(16)15-6-3-4-17-5-6/h1-2,6H,3-5,14H2,(H,15,16). The fourth-order valence-electron chi connectivity index (χ4n) is 1.68. The van der Waals surface area contributed by atoms with E-state index in [2.05, 4.69) is 5.32 Å². The number of hydrogen-bond acceptors (Lipinski definition) is 3. The number of rotatable bonds is 2. The predicted molar refractivity (Wildman–Crippen MR) is 64.0 cm³/mol. The van der Waals surface area contributed by atoms with Crippen LogP contribution in [0.15, 0.2) is 12.1 Å². The van der Waals surface area contributed by atoms with Crippen LogP contribution in [0.4, 0.5) is 14.5 Å². The summed E-state index contributed by atoms with van der Waals surface area (Å²) in [6.07, 6.45) is 0.821. The minimum atomic E-state index is -0.992. The van der Waals surface area contributed by atoms with Crippen molar-refractivity contribution in [2.24, 2.45) is 0 Å². The van der Waals surface area contributed by atoms with Gasteiger partial charge in [0.15, 0.2) is 5.82 Å². The lowest BCUT2D eigenvalue weighted by molar-refractivity contribution is 0.0933. The van der Waals surface area contributed by atoms with Gasteiger partial charge in [0.25, 0.3) is 5.91 Å². The summed E-state index contributed by atoms with van der Waals surface area (Å²) < 4.78 is 26.9. The Morgan fingerprint density at radius 1 is 1.47 bits per heavy atom. The molecule has 1 aromatic carbocycles. The molecule has 0 spiro atoms. The Morgan fingerprint density at radius 2 is 2.24 bits per heavy atom. The van der Waals surface area contributed by atoms with E-state index < -0.39 is 23.1 Å². The third-order valence-electron chi connectivity index (χ3n) is 2.61. The van der Waals surface area contributed by atoms with E-state index in [9.17, 15) is 13.6 Å². The second kappa shape index (κ2) is 4.91. The fraction of sp³-hybridized carbons (Fsp3) is 0.364. The molecule has 3 nitrogen and oxygen atoms in total. The topological polar surface area (TPSA) is 55.1 Å². The lowest BCUT2D eigenvalue weighted by Gasteiger charge is -2.12. The molecule has 1 aliphatic heterocycles. The van der Waals surface area contributed by atoms with Gasteiger partial charge in [0, 0.05) is 11.8 Å². The average molecular weight is 258 g/mol. The van der Waals surface area contributed by atoms with E-state index in [1.54, 1.807) is 11.8 Å². The summed E-state index contributed by atoms with van der Waals surface area (Å²) >= 11 is 1.70. The molecule has 1 fully saturated rings. The van der Waals surface area contributed by atoms with Crippen molar-refractivity contribution in [3.05, 3.63) is 29.3 Å². The molecule has 1 aromatic rings. The number of nitrogens with two attached hydrogens (primary N) is 1. The van der Waals surface area contributed by atoms with Crippen LogP contribution in [0.3, 0.4) is 0 Å². The van der Waals surface area contributed by atoms with Crippen LogP contribution in [0.1, 0.15) is 16.8 Å². The van der Waals surface area contributed by atoms with Gasteiger partial charge in [0.05, 0.1) is 5.69 Å². The molecule has 92 valence electrons. The van der Waals surface area contributed by atoms with Crippen molar-refractivity contribution >= 4 is 23.4 Å². The third kappa shape index (κ3) is 2.52. The molecule has 1 saturated heterocycles. The van der Waals surface area contributed by atoms with Gasteiger partial charge in [-0.2, -0.15) is 11.8 Å². The molecule has 0 saturated carbocycles. The molecular weight excluding hydrogens is 246 g/mol. The van der Waals surface area contributed by atoms with Crippen LogP contribution in [0, 0.1) is 11.6 Å². The molecule has 0 aliphatic carbocycles. The minimum Gasteiger partial charge on any atom is -0.396 e. The summed E-state index contributed by atoms with van der Waals surface area (Å²) in [6.45, 7) is 0. The molecule has 2 rings (SSSR count). The number of nitrogens with one attached hydrogen (secondary N) is 1. The van der Waals surface area contributed by atoms with Crippen LogP contribution in [0.25, 0.3) is 0 Å². The summed E-state index contributed by atoms with van der Waals surface area (Å²) in [5.74, 6) is -0.891. The molecule has 1 amide bonds. The Labute approximate surface area is 102 Å². The van der Waals surface area contributed by atoms with Crippen LogP contribution in [-0.2, 0) is 0 Å². The van der Waals surface area contributed by atoms with Crippen molar-refractivity contribution in [2.75, 3.05) is 17.2 Å². The normalized spacial score (nSPS) is 19.3. The number of amides is 1. The Bertz CT molecular complexity index is 447. The first-order valence-corrected chi connectivity index (χ1v) is 6.37. The highest BCUT2D eigenvalue weighted by Gasteiger charge is 2.23. The Balaban J connectivity index is 2.21. The maximum absolute atomic E-state index is 13.6. The number of nitrogen functional groups attached to an aromatic ring is 1. The molecule has 1 unspecified atom stereocenters. The van der Waals surface area contributed by atoms with E-state index in [4.69, 9.17) is 5.73 Å². The zero-order valence-electron chi connectivity index (χ0n) is 9.00. The van der Waals surface area contributed by atoms with E-state index >= 15 is 0 Å². The molecule has 0 aromatic heterocycles. The third-order valence-corrected chi connectivity index (χ3v) is 3.78. The van der Waals surface area contributed by atoms with Gasteiger partial charge in [-0.15, -0.1) is 0 Å². The first-order chi connectivity index (χ1) is 8.09.